The molecule has 0 aliphatic carbocycles. The first-order valence-corrected chi connectivity index (χ1v) is 7.74. The summed E-state index contributed by atoms with van der Waals surface area (Å²) < 4.78 is 22.9. The van der Waals surface area contributed by atoms with Crippen molar-refractivity contribution >= 4 is 9.84 Å². The summed E-state index contributed by atoms with van der Waals surface area (Å²) >= 11 is 0. The highest BCUT2D eigenvalue weighted by Gasteiger charge is 2.32. The number of sulfone groups is 1. The van der Waals surface area contributed by atoms with Gasteiger partial charge in [0, 0.05) is 12.5 Å². The molecule has 1 aliphatic heterocycles. The van der Waals surface area contributed by atoms with Gasteiger partial charge in [-0.1, -0.05) is 6.92 Å². The molecule has 1 heterocycles. The van der Waals surface area contributed by atoms with Crippen molar-refractivity contribution in [2.45, 2.75) is 39.2 Å². The first-order chi connectivity index (χ1) is 7.59. The average molecular weight is 243 g/mol. The molecule has 1 rings (SSSR count). The molecule has 2 unspecified atom stereocenters. The smallest absolute Gasteiger partial charge is 0.150 e. The lowest BCUT2D eigenvalue weighted by molar-refractivity contribution is 0.387. The van der Waals surface area contributed by atoms with Crippen molar-refractivity contribution in [1.82, 2.24) is 5.32 Å². The summed E-state index contributed by atoms with van der Waals surface area (Å²) in [5.74, 6) is 6.86. The van der Waals surface area contributed by atoms with Gasteiger partial charge < -0.3 is 5.32 Å². The van der Waals surface area contributed by atoms with E-state index < -0.39 is 9.84 Å². The van der Waals surface area contributed by atoms with Crippen molar-refractivity contribution in [3.05, 3.63) is 0 Å². The topological polar surface area (TPSA) is 46.2 Å². The second kappa shape index (κ2) is 6.27. The SMILES string of the molecule is CC#CCC(NCCC)C1CCS(=O)(=O)C1. The quantitative estimate of drug-likeness (QED) is 0.738. The second-order valence-corrected chi connectivity index (χ2v) is 6.58. The highest BCUT2D eigenvalue weighted by molar-refractivity contribution is 7.91. The Morgan fingerprint density at radius 2 is 2.25 bits per heavy atom. The van der Waals surface area contributed by atoms with E-state index in [-0.39, 0.29) is 12.0 Å². The third kappa shape index (κ3) is 4.15. The molecule has 0 aromatic heterocycles. The molecule has 3 nitrogen and oxygen atoms in total. The van der Waals surface area contributed by atoms with Gasteiger partial charge in [-0.25, -0.2) is 8.42 Å². The lowest BCUT2D eigenvalue weighted by Gasteiger charge is -2.21. The zero-order valence-electron chi connectivity index (χ0n) is 10.1. The summed E-state index contributed by atoms with van der Waals surface area (Å²) in [6.45, 7) is 4.87. The van der Waals surface area contributed by atoms with Crippen molar-refractivity contribution in [3.8, 4) is 11.8 Å². The Balaban J connectivity index is 2.57. The van der Waals surface area contributed by atoms with Gasteiger partial charge in [-0.05, 0) is 32.2 Å². The normalized spacial score (nSPS) is 24.8. The maximum Gasteiger partial charge on any atom is 0.150 e. The van der Waals surface area contributed by atoms with Crippen LogP contribution in [0, 0.1) is 17.8 Å². The van der Waals surface area contributed by atoms with Crippen LogP contribution in [0.3, 0.4) is 0 Å². The van der Waals surface area contributed by atoms with Crippen LogP contribution < -0.4 is 5.32 Å². The first kappa shape index (κ1) is 13.5. The number of hydrogen-bond acceptors (Lipinski definition) is 3. The van der Waals surface area contributed by atoms with Crippen molar-refractivity contribution < 1.29 is 8.42 Å². The molecule has 0 bridgehead atoms. The Morgan fingerprint density at radius 1 is 1.50 bits per heavy atom. The van der Waals surface area contributed by atoms with E-state index in [0.717, 1.165) is 25.8 Å². The summed E-state index contributed by atoms with van der Waals surface area (Å²) in [4.78, 5) is 0. The molecular weight excluding hydrogens is 222 g/mol. The number of hydrogen-bond donors (Lipinski definition) is 1. The molecule has 0 spiro atoms. The van der Waals surface area contributed by atoms with E-state index in [0.29, 0.717) is 11.5 Å². The summed E-state index contributed by atoms with van der Waals surface area (Å²) in [7, 11) is -2.78. The third-order valence-corrected chi connectivity index (χ3v) is 4.79. The maximum absolute atomic E-state index is 11.4. The van der Waals surface area contributed by atoms with E-state index >= 15 is 0 Å². The van der Waals surface area contributed by atoms with E-state index in [1.54, 1.807) is 0 Å². The van der Waals surface area contributed by atoms with Crippen molar-refractivity contribution in [1.29, 1.82) is 0 Å². The Morgan fingerprint density at radius 3 is 2.75 bits per heavy atom. The molecule has 92 valence electrons. The van der Waals surface area contributed by atoms with Gasteiger partial charge in [-0.15, -0.1) is 11.8 Å². The summed E-state index contributed by atoms with van der Waals surface area (Å²) in [6, 6.07) is 0.240. The zero-order valence-corrected chi connectivity index (χ0v) is 10.9. The minimum atomic E-state index is -2.78. The minimum Gasteiger partial charge on any atom is -0.313 e. The summed E-state index contributed by atoms with van der Waals surface area (Å²) in [5.41, 5.74) is 0. The van der Waals surface area contributed by atoms with Gasteiger partial charge in [0.2, 0.25) is 0 Å². The van der Waals surface area contributed by atoms with Crippen molar-refractivity contribution in [3.63, 3.8) is 0 Å². The molecule has 0 aromatic carbocycles. The van der Waals surface area contributed by atoms with Crippen molar-refractivity contribution in [2.24, 2.45) is 5.92 Å². The fraction of sp³-hybridized carbons (Fsp3) is 0.833. The van der Waals surface area contributed by atoms with Gasteiger partial charge in [0.25, 0.3) is 0 Å². The summed E-state index contributed by atoms with van der Waals surface area (Å²) in [6.07, 6.45) is 2.61. The monoisotopic (exact) mass is 243 g/mol. The standard InChI is InChI=1S/C12H21NO2S/c1-3-5-6-12(13-8-4-2)11-7-9-16(14,15)10-11/h11-13H,4,6-10H2,1-2H3. The zero-order chi connectivity index (χ0) is 12.0. The minimum absolute atomic E-state index is 0.240. The van der Waals surface area contributed by atoms with E-state index in [2.05, 4.69) is 24.1 Å². The molecule has 1 N–H and O–H groups in total. The van der Waals surface area contributed by atoms with Crippen LogP contribution in [0.4, 0.5) is 0 Å². The average Bonchev–Trinajstić information content (AvgIpc) is 2.59. The predicted octanol–water partition coefficient (Wildman–Crippen LogP) is 1.20. The largest absolute Gasteiger partial charge is 0.313 e. The van der Waals surface area contributed by atoms with E-state index in [4.69, 9.17) is 0 Å². The lowest BCUT2D eigenvalue weighted by Crippen LogP contribution is -2.37. The van der Waals surface area contributed by atoms with Crippen LogP contribution >= 0.6 is 0 Å². The van der Waals surface area contributed by atoms with Crippen LogP contribution in [0.25, 0.3) is 0 Å². The fourth-order valence-electron chi connectivity index (χ4n) is 2.09. The molecule has 0 radical (unpaired) electrons. The van der Waals surface area contributed by atoms with E-state index in [9.17, 15) is 8.42 Å². The van der Waals surface area contributed by atoms with Gasteiger partial charge in [0.05, 0.1) is 11.5 Å². The molecule has 4 heteroatoms. The van der Waals surface area contributed by atoms with E-state index in [1.165, 1.54) is 0 Å². The molecule has 1 saturated heterocycles. The van der Waals surface area contributed by atoms with Gasteiger partial charge >= 0.3 is 0 Å². The lowest BCUT2D eigenvalue weighted by atomic mass is 9.96. The van der Waals surface area contributed by atoms with Crippen LogP contribution in [0.2, 0.25) is 0 Å². The van der Waals surface area contributed by atoms with Gasteiger partial charge in [0.1, 0.15) is 0 Å². The molecule has 0 saturated carbocycles. The Labute approximate surface area is 98.9 Å². The first-order valence-electron chi connectivity index (χ1n) is 5.92. The predicted molar refractivity (Wildman–Crippen MR) is 66.9 cm³/mol. The van der Waals surface area contributed by atoms with Gasteiger partial charge in [-0.2, -0.15) is 0 Å². The third-order valence-electron chi connectivity index (χ3n) is 2.99. The van der Waals surface area contributed by atoms with Crippen LogP contribution in [-0.4, -0.2) is 32.5 Å². The highest BCUT2D eigenvalue weighted by Crippen LogP contribution is 2.23. The van der Waals surface area contributed by atoms with Gasteiger partial charge in [0.15, 0.2) is 9.84 Å². The highest BCUT2D eigenvalue weighted by atomic mass is 32.2. The van der Waals surface area contributed by atoms with Crippen LogP contribution in [0.5, 0.6) is 0 Å². The van der Waals surface area contributed by atoms with E-state index in [1.807, 2.05) is 6.92 Å². The molecule has 16 heavy (non-hydrogen) atoms. The van der Waals surface area contributed by atoms with Crippen molar-refractivity contribution in [2.75, 3.05) is 18.1 Å². The van der Waals surface area contributed by atoms with Crippen LogP contribution in [-0.2, 0) is 9.84 Å². The molecule has 2 atom stereocenters. The molecular formula is C12H21NO2S. The fourth-order valence-corrected chi connectivity index (χ4v) is 3.97. The Kier molecular flexibility index (Phi) is 5.30. The number of rotatable bonds is 5. The molecule has 0 amide bonds. The Hall–Kier alpha value is -0.530. The summed E-state index contributed by atoms with van der Waals surface area (Å²) in [5, 5.41) is 3.42. The number of nitrogens with one attached hydrogen (secondary N) is 1. The maximum atomic E-state index is 11.4. The van der Waals surface area contributed by atoms with Crippen LogP contribution in [0.15, 0.2) is 0 Å². The molecule has 1 aliphatic rings. The molecule has 1 fully saturated rings. The second-order valence-electron chi connectivity index (χ2n) is 4.35. The van der Waals surface area contributed by atoms with Gasteiger partial charge in [-0.3, -0.25) is 0 Å². The Bertz CT molecular complexity index is 364. The van der Waals surface area contributed by atoms with Crippen LogP contribution in [0.1, 0.15) is 33.1 Å². The molecule has 0 aromatic rings.